The van der Waals surface area contributed by atoms with Gasteiger partial charge in [0.1, 0.15) is 6.33 Å². The lowest BCUT2D eigenvalue weighted by atomic mass is 9.87. The first kappa shape index (κ1) is 16.4. The quantitative estimate of drug-likeness (QED) is 0.701. The van der Waals surface area contributed by atoms with Gasteiger partial charge in [-0.15, -0.1) is 5.10 Å². The number of carbonyl (C=O) groups excluding carboxylic acids is 1. The Bertz CT molecular complexity index is 942. The predicted octanol–water partition coefficient (Wildman–Crippen LogP) is 1.62. The van der Waals surface area contributed by atoms with Crippen LogP contribution < -0.4 is 0 Å². The Morgan fingerprint density at radius 3 is 2.77 bits per heavy atom. The van der Waals surface area contributed by atoms with E-state index in [1.165, 1.54) is 0 Å². The molecule has 0 atom stereocenters. The van der Waals surface area contributed by atoms with E-state index in [1.807, 2.05) is 34.0 Å². The van der Waals surface area contributed by atoms with Crippen molar-refractivity contribution in [1.29, 1.82) is 0 Å². The van der Waals surface area contributed by atoms with Crippen LogP contribution in [-0.2, 0) is 20.0 Å². The molecule has 3 aromatic rings. The van der Waals surface area contributed by atoms with Gasteiger partial charge in [-0.3, -0.25) is 9.48 Å². The average Bonchev–Trinajstić information content (AvgIpc) is 3.17. The SMILES string of the molecule is Cn1cnc(C(=O)N2Cc3cnn(-c4ccccn4)c3CC(C)(C)C2)n1. The average molecular weight is 351 g/mol. The molecular formula is C18H21N7O. The number of amides is 1. The summed E-state index contributed by atoms with van der Waals surface area (Å²) in [7, 11) is 1.76. The molecule has 0 aromatic carbocycles. The van der Waals surface area contributed by atoms with E-state index in [9.17, 15) is 4.79 Å². The number of rotatable bonds is 2. The molecule has 26 heavy (non-hydrogen) atoms. The zero-order valence-electron chi connectivity index (χ0n) is 15.1. The molecular weight excluding hydrogens is 330 g/mol. The van der Waals surface area contributed by atoms with E-state index < -0.39 is 0 Å². The Hall–Kier alpha value is -3.03. The fourth-order valence-corrected chi connectivity index (χ4v) is 3.41. The van der Waals surface area contributed by atoms with Crippen molar-refractivity contribution in [2.45, 2.75) is 26.8 Å². The highest BCUT2D eigenvalue weighted by Gasteiger charge is 2.34. The summed E-state index contributed by atoms with van der Waals surface area (Å²) in [5.41, 5.74) is 2.02. The zero-order valence-corrected chi connectivity index (χ0v) is 15.1. The van der Waals surface area contributed by atoms with Gasteiger partial charge in [-0.1, -0.05) is 19.9 Å². The Morgan fingerprint density at radius 2 is 2.08 bits per heavy atom. The van der Waals surface area contributed by atoms with E-state index >= 15 is 0 Å². The van der Waals surface area contributed by atoms with Crippen molar-refractivity contribution in [2.24, 2.45) is 12.5 Å². The molecule has 0 spiro atoms. The van der Waals surface area contributed by atoms with Crippen LogP contribution in [0.2, 0.25) is 0 Å². The number of aromatic nitrogens is 6. The second kappa shape index (κ2) is 6.05. The Kier molecular flexibility index (Phi) is 3.82. The summed E-state index contributed by atoms with van der Waals surface area (Å²) in [6.45, 7) is 5.43. The van der Waals surface area contributed by atoms with Crippen molar-refractivity contribution in [3.63, 3.8) is 0 Å². The highest BCUT2D eigenvalue weighted by atomic mass is 16.2. The topological polar surface area (TPSA) is 81.7 Å². The third kappa shape index (κ3) is 2.98. The summed E-state index contributed by atoms with van der Waals surface area (Å²) in [6.07, 6.45) is 5.93. The van der Waals surface area contributed by atoms with Crippen LogP contribution in [0.5, 0.6) is 0 Å². The first-order valence-electron chi connectivity index (χ1n) is 8.55. The molecule has 0 radical (unpaired) electrons. The third-order valence-corrected chi connectivity index (χ3v) is 4.53. The van der Waals surface area contributed by atoms with Crippen molar-refractivity contribution >= 4 is 5.91 Å². The molecule has 1 aliphatic heterocycles. The number of pyridine rings is 1. The second-order valence-corrected chi connectivity index (χ2v) is 7.46. The minimum absolute atomic E-state index is 0.109. The fraction of sp³-hybridized carbons (Fsp3) is 0.389. The molecule has 0 bridgehead atoms. The largest absolute Gasteiger partial charge is 0.331 e. The van der Waals surface area contributed by atoms with Gasteiger partial charge in [-0.2, -0.15) is 5.10 Å². The van der Waals surface area contributed by atoms with Crippen molar-refractivity contribution < 1.29 is 4.79 Å². The van der Waals surface area contributed by atoms with Crippen LogP contribution >= 0.6 is 0 Å². The van der Waals surface area contributed by atoms with E-state index in [0.29, 0.717) is 13.1 Å². The minimum Gasteiger partial charge on any atom is -0.331 e. The monoisotopic (exact) mass is 351 g/mol. The summed E-state index contributed by atoms with van der Waals surface area (Å²) in [5.74, 6) is 0.858. The van der Waals surface area contributed by atoms with Gasteiger partial charge in [0.05, 0.1) is 11.9 Å². The van der Waals surface area contributed by atoms with E-state index in [2.05, 4.69) is 34.0 Å². The third-order valence-electron chi connectivity index (χ3n) is 4.53. The number of hydrogen-bond donors (Lipinski definition) is 0. The van der Waals surface area contributed by atoms with E-state index in [4.69, 9.17) is 0 Å². The molecule has 0 fully saturated rings. The standard InChI is InChI=1S/C18H21N7O/c1-18(2)8-14-13(9-21-25(14)15-6-4-5-7-19-15)10-24(11-18)17(26)16-20-12-23(3)22-16/h4-7,9,12H,8,10-11H2,1-3H3. The first-order valence-corrected chi connectivity index (χ1v) is 8.55. The predicted molar refractivity (Wildman–Crippen MR) is 94.6 cm³/mol. The number of aryl methyl sites for hydroxylation is 1. The van der Waals surface area contributed by atoms with Crippen LogP contribution in [0.25, 0.3) is 5.82 Å². The number of carbonyl (C=O) groups is 1. The maximum Gasteiger partial charge on any atom is 0.293 e. The van der Waals surface area contributed by atoms with Gasteiger partial charge in [0.2, 0.25) is 5.82 Å². The zero-order chi connectivity index (χ0) is 18.3. The van der Waals surface area contributed by atoms with E-state index in [1.54, 1.807) is 24.3 Å². The van der Waals surface area contributed by atoms with Crippen LogP contribution in [0.15, 0.2) is 36.9 Å². The molecule has 4 rings (SSSR count). The first-order chi connectivity index (χ1) is 12.4. The molecule has 8 heteroatoms. The Labute approximate surface area is 151 Å². The summed E-state index contributed by atoms with van der Waals surface area (Å²) in [5, 5.41) is 8.68. The molecule has 0 saturated carbocycles. The van der Waals surface area contributed by atoms with Crippen molar-refractivity contribution in [3.05, 3.63) is 54.0 Å². The van der Waals surface area contributed by atoms with Crippen LogP contribution in [0, 0.1) is 5.41 Å². The van der Waals surface area contributed by atoms with Crippen LogP contribution in [0.1, 0.15) is 35.7 Å². The number of nitrogens with zero attached hydrogens (tertiary/aromatic N) is 7. The van der Waals surface area contributed by atoms with Gasteiger partial charge in [-0.25, -0.2) is 14.6 Å². The smallest absolute Gasteiger partial charge is 0.293 e. The lowest BCUT2D eigenvalue weighted by molar-refractivity contribution is 0.0667. The summed E-state index contributed by atoms with van der Waals surface area (Å²) in [6, 6.07) is 5.77. The maximum absolute atomic E-state index is 12.9. The maximum atomic E-state index is 12.9. The highest BCUT2D eigenvalue weighted by molar-refractivity contribution is 5.90. The molecule has 0 saturated heterocycles. The molecule has 134 valence electrons. The summed E-state index contributed by atoms with van der Waals surface area (Å²) in [4.78, 5) is 23.2. The Morgan fingerprint density at radius 1 is 1.23 bits per heavy atom. The van der Waals surface area contributed by atoms with Gasteiger partial charge in [0.25, 0.3) is 5.91 Å². The fourth-order valence-electron chi connectivity index (χ4n) is 3.41. The Balaban J connectivity index is 1.71. The van der Waals surface area contributed by atoms with Gasteiger partial charge in [0.15, 0.2) is 5.82 Å². The summed E-state index contributed by atoms with van der Waals surface area (Å²) < 4.78 is 3.42. The molecule has 1 aliphatic rings. The van der Waals surface area contributed by atoms with Crippen LogP contribution in [-0.4, -0.2) is 46.9 Å². The highest BCUT2D eigenvalue weighted by Crippen LogP contribution is 2.31. The molecule has 8 nitrogen and oxygen atoms in total. The van der Waals surface area contributed by atoms with Gasteiger partial charge in [-0.05, 0) is 24.0 Å². The van der Waals surface area contributed by atoms with E-state index in [0.717, 1.165) is 23.5 Å². The lowest BCUT2D eigenvalue weighted by Gasteiger charge is -2.29. The lowest BCUT2D eigenvalue weighted by Crippen LogP contribution is -2.38. The molecule has 4 heterocycles. The van der Waals surface area contributed by atoms with Crippen LogP contribution in [0.4, 0.5) is 0 Å². The molecule has 3 aromatic heterocycles. The van der Waals surface area contributed by atoms with Gasteiger partial charge >= 0.3 is 0 Å². The van der Waals surface area contributed by atoms with Crippen molar-refractivity contribution in [3.8, 4) is 5.82 Å². The van der Waals surface area contributed by atoms with Gasteiger partial charge < -0.3 is 4.90 Å². The van der Waals surface area contributed by atoms with Crippen molar-refractivity contribution in [2.75, 3.05) is 6.54 Å². The number of hydrogen-bond acceptors (Lipinski definition) is 5. The van der Waals surface area contributed by atoms with E-state index in [-0.39, 0.29) is 17.1 Å². The van der Waals surface area contributed by atoms with Crippen molar-refractivity contribution in [1.82, 2.24) is 34.4 Å². The number of fused-ring (bicyclic) bond motifs is 1. The second-order valence-electron chi connectivity index (χ2n) is 7.46. The summed E-state index contributed by atoms with van der Waals surface area (Å²) >= 11 is 0. The normalized spacial score (nSPS) is 16.2. The minimum atomic E-state index is -0.155. The molecule has 1 amide bonds. The molecule has 0 N–H and O–H groups in total. The van der Waals surface area contributed by atoms with Crippen LogP contribution in [0.3, 0.4) is 0 Å². The van der Waals surface area contributed by atoms with Gasteiger partial charge in [0, 0.05) is 31.9 Å². The molecule has 0 unspecified atom stereocenters. The molecule has 0 aliphatic carbocycles.